The largest absolute Gasteiger partial charge is 0.491 e. The first-order chi connectivity index (χ1) is 17.0. The molecule has 2 aliphatic rings. The van der Waals surface area contributed by atoms with Crippen LogP contribution in [-0.4, -0.2) is 46.6 Å². The number of aromatic nitrogens is 2. The Kier molecular flexibility index (Phi) is 6.24. The maximum absolute atomic E-state index is 13.3. The number of aryl methyl sites for hydroxylation is 1. The van der Waals surface area contributed by atoms with Gasteiger partial charge in [-0.1, -0.05) is 0 Å². The molecule has 3 heterocycles. The highest BCUT2D eigenvalue weighted by Crippen LogP contribution is 2.33. The number of carbonyl (C=O) groups excluding carboxylic acids is 2. The molecule has 0 unspecified atom stereocenters. The van der Waals surface area contributed by atoms with E-state index in [-0.39, 0.29) is 37.0 Å². The van der Waals surface area contributed by atoms with Crippen molar-refractivity contribution in [3.63, 3.8) is 0 Å². The molecule has 3 N–H and O–H groups in total. The van der Waals surface area contributed by atoms with E-state index < -0.39 is 11.8 Å². The number of nitrogens with zero attached hydrogens (tertiary/aromatic N) is 1. The smallest absolute Gasteiger partial charge is 0.347 e. The van der Waals surface area contributed by atoms with Crippen molar-refractivity contribution in [3.8, 4) is 5.75 Å². The first-order valence-corrected chi connectivity index (χ1v) is 11.4. The van der Waals surface area contributed by atoms with E-state index in [1.54, 1.807) is 42.7 Å². The molecular formula is C26H25N3O6. The number of Topliss-reactive ketones (excluding diaryl/α,β-unsaturated/α-hetero) is 1. The molecule has 0 saturated heterocycles. The number of rotatable bonds is 9. The molecule has 5 rings (SSSR count). The van der Waals surface area contributed by atoms with Gasteiger partial charge in [-0.3, -0.25) is 4.79 Å². The summed E-state index contributed by atoms with van der Waals surface area (Å²) in [4.78, 5) is 33.5. The minimum Gasteiger partial charge on any atom is -0.491 e. The quantitative estimate of drug-likeness (QED) is 0.244. The number of esters is 1. The molecule has 3 aromatic rings. The number of carbonyl (C=O) groups is 2. The number of ether oxygens (including phenoxy) is 3. The molecule has 1 aromatic carbocycles. The molecule has 2 aromatic heterocycles. The number of hydrogen-bond donors (Lipinski definition) is 3. The van der Waals surface area contributed by atoms with Crippen LogP contribution in [0.2, 0.25) is 0 Å². The number of anilines is 1. The van der Waals surface area contributed by atoms with E-state index in [0.717, 1.165) is 23.8 Å². The average molecular weight is 476 g/mol. The number of benzene rings is 1. The fourth-order valence-electron chi connectivity index (χ4n) is 3.74. The summed E-state index contributed by atoms with van der Waals surface area (Å²) >= 11 is 0. The van der Waals surface area contributed by atoms with Gasteiger partial charge < -0.3 is 29.6 Å². The van der Waals surface area contributed by atoms with Gasteiger partial charge in [0.25, 0.3) is 0 Å². The van der Waals surface area contributed by atoms with Gasteiger partial charge in [0, 0.05) is 29.0 Å². The van der Waals surface area contributed by atoms with E-state index in [2.05, 4.69) is 15.3 Å². The number of aliphatic hydroxyl groups is 1. The van der Waals surface area contributed by atoms with Gasteiger partial charge in [0.1, 0.15) is 18.0 Å². The number of pyridine rings is 1. The summed E-state index contributed by atoms with van der Waals surface area (Å²) in [6.07, 6.45) is 7.03. The molecule has 1 saturated carbocycles. The zero-order valence-corrected chi connectivity index (χ0v) is 19.2. The number of H-pyrrole nitrogens is 1. The van der Waals surface area contributed by atoms with E-state index in [4.69, 9.17) is 19.3 Å². The summed E-state index contributed by atoms with van der Waals surface area (Å²) in [6.45, 7) is 2.23. The molecule has 0 spiro atoms. The summed E-state index contributed by atoms with van der Waals surface area (Å²) in [7, 11) is 0. The summed E-state index contributed by atoms with van der Waals surface area (Å²) in [6, 6.07) is 8.95. The van der Waals surface area contributed by atoms with Crippen molar-refractivity contribution in [1.82, 2.24) is 9.97 Å². The van der Waals surface area contributed by atoms with Gasteiger partial charge in [-0.05, 0) is 67.7 Å². The van der Waals surface area contributed by atoms with Crippen LogP contribution in [0.4, 0.5) is 5.69 Å². The van der Waals surface area contributed by atoms with E-state index in [9.17, 15) is 9.59 Å². The molecule has 0 bridgehead atoms. The van der Waals surface area contributed by atoms with Crippen LogP contribution < -0.4 is 10.1 Å². The molecule has 0 radical (unpaired) electrons. The van der Waals surface area contributed by atoms with Gasteiger partial charge in [0.05, 0.1) is 13.2 Å². The Morgan fingerprint density at radius 2 is 2.20 bits per heavy atom. The Morgan fingerprint density at radius 3 is 2.97 bits per heavy atom. The number of ketones is 1. The van der Waals surface area contributed by atoms with Crippen LogP contribution >= 0.6 is 0 Å². The van der Waals surface area contributed by atoms with Crippen molar-refractivity contribution in [1.29, 1.82) is 0 Å². The molecular weight excluding hydrogens is 450 g/mol. The lowest BCUT2D eigenvalue weighted by molar-refractivity contribution is -0.140. The van der Waals surface area contributed by atoms with Crippen LogP contribution in [0.15, 0.2) is 59.9 Å². The third-order valence-corrected chi connectivity index (χ3v) is 5.82. The van der Waals surface area contributed by atoms with Crippen LogP contribution in [0.25, 0.3) is 17.1 Å². The number of aliphatic hydroxyl groups excluding tert-OH is 1. The van der Waals surface area contributed by atoms with E-state index in [0.29, 0.717) is 28.6 Å². The molecule has 1 aliphatic heterocycles. The minimum absolute atomic E-state index is 0.0103. The summed E-state index contributed by atoms with van der Waals surface area (Å²) in [5.74, 6) is -0.280. The fourth-order valence-corrected chi connectivity index (χ4v) is 3.74. The number of hydrogen-bond acceptors (Lipinski definition) is 8. The van der Waals surface area contributed by atoms with Gasteiger partial charge in [-0.15, -0.1) is 0 Å². The van der Waals surface area contributed by atoms with Crippen molar-refractivity contribution in [2.75, 3.05) is 25.1 Å². The molecule has 35 heavy (non-hydrogen) atoms. The van der Waals surface area contributed by atoms with Crippen LogP contribution in [-0.2, 0) is 19.1 Å². The SMILES string of the molecule is Cc1cc(OCCO)ccc1NC1=C(C(=O)OCC2CC2)C(=O)/C(=C\c2c[nH]c3ncccc23)O1. The standard InChI is InChI=1S/C26H25N3O6/c1-15-11-18(33-10-9-30)6-7-20(15)29-25-22(26(32)34-14-16-4-5-16)23(31)21(35-25)12-17-13-28-24-19(17)3-2-8-27-24/h2-3,6-8,11-13,16,29-30H,4-5,9-10,14H2,1H3,(H,27,28)/b21-12+. The van der Waals surface area contributed by atoms with Crippen LogP contribution in [0.5, 0.6) is 5.75 Å². The summed E-state index contributed by atoms with van der Waals surface area (Å²) < 4.78 is 16.7. The van der Waals surface area contributed by atoms with E-state index in [1.165, 1.54) is 0 Å². The maximum atomic E-state index is 13.3. The second kappa shape index (κ2) is 9.63. The first kappa shape index (κ1) is 22.7. The van der Waals surface area contributed by atoms with E-state index in [1.807, 2.05) is 13.0 Å². The van der Waals surface area contributed by atoms with Crippen molar-refractivity contribution >= 4 is 34.5 Å². The summed E-state index contributed by atoms with van der Waals surface area (Å²) in [5.41, 5.74) is 2.66. The Bertz CT molecular complexity index is 1350. The molecule has 180 valence electrons. The second-order valence-electron chi connectivity index (χ2n) is 8.50. The van der Waals surface area contributed by atoms with Gasteiger partial charge in [0.15, 0.2) is 11.3 Å². The number of nitrogens with one attached hydrogen (secondary N) is 2. The zero-order chi connectivity index (χ0) is 24.4. The topological polar surface area (TPSA) is 123 Å². The molecule has 0 amide bonds. The predicted octanol–water partition coefficient (Wildman–Crippen LogP) is 3.46. The minimum atomic E-state index is -0.714. The lowest BCUT2D eigenvalue weighted by Crippen LogP contribution is -2.17. The van der Waals surface area contributed by atoms with Crippen molar-refractivity contribution in [3.05, 3.63) is 71.1 Å². The Morgan fingerprint density at radius 1 is 1.34 bits per heavy atom. The molecule has 1 aliphatic carbocycles. The van der Waals surface area contributed by atoms with Crippen molar-refractivity contribution in [2.24, 2.45) is 5.92 Å². The average Bonchev–Trinajstić information content (AvgIpc) is 3.53. The van der Waals surface area contributed by atoms with Crippen LogP contribution in [0, 0.1) is 12.8 Å². The number of fused-ring (bicyclic) bond motifs is 1. The van der Waals surface area contributed by atoms with Crippen molar-refractivity contribution in [2.45, 2.75) is 19.8 Å². The van der Waals surface area contributed by atoms with Crippen LogP contribution in [0.1, 0.15) is 24.0 Å². The number of aromatic amines is 1. The second-order valence-corrected chi connectivity index (χ2v) is 8.50. The Labute approximate surface area is 201 Å². The monoisotopic (exact) mass is 475 g/mol. The number of allylic oxidation sites excluding steroid dienone is 1. The normalized spacial score (nSPS) is 16.6. The zero-order valence-electron chi connectivity index (χ0n) is 19.2. The predicted molar refractivity (Wildman–Crippen MR) is 128 cm³/mol. The van der Waals surface area contributed by atoms with E-state index >= 15 is 0 Å². The van der Waals surface area contributed by atoms with Gasteiger partial charge in [0.2, 0.25) is 11.7 Å². The highest BCUT2D eigenvalue weighted by Gasteiger charge is 2.38. The summed E-state index contributed by atoms with van der Waals surface area (Å²) in [5, 5.41) is 12.9. The molecule has 9 heteroatoms. The third kappa shape index (κ3) is 4.90. The van der Waals surface area contributed by atoms with Gasteiger partial charge in [-0.2, -0.15) is 0 Å². The van der Waals surface area contributed by atoms with Gasteiger partial charge in [-0.25, -0.2) is 9.78 Å². The fraction of sp³-hybridized carbons (Fsp3) is 0.269. The van der Waals surface area contributed by atoms with Gasteiger partial charge >= 0.3 is 5.97 Å². The Hall–Kier alpha value is -4.11. The highest BCUT2D eigenvalue weighted by atomic mass is 16.5. The molecule has 0 atom stereocenters. The lowest BCUT2D eigenvalue weighted by atomic mass is 10.1. The molecule has 1 fully saturated rings. The van der Waals surface area contributed by atoms with Crippen LogP contribution in [0.3, 0.4) is 0 Å². The third-order valence-electron chi connectivity index (χ3n) is 5.82. The lowest BCUT2D eigenvalue weighted by Gasteiger charge is -2.13. The first-order valence-electron chi connectivity index (χ1n) is 11.4. The van der Waals surface area contributed by atoms with Crippen molar-refractivity contribution < 1.29 is 28.9 Å². The maximum Gasteiger partial charge on any atom is 0.347 e. The highest BCUT2D eigenvalue weighted by molar-refractivity contribution is 6.26. The Balaban J connectivity index is 1.44. The molecule has 9 nitrogen and oxygen atoms in total.